The summed E-state index contributed by atoms with van der Waals surface area (Å²) in [7, 11) is 0. The average molecular weight is 1140 g/mol. The van der Waals surface area contributed by atoms with Gasteiger partial charge in [-0.05, 0) is 122 Å². The van der Waals surface area contributed by atoms with Crippen molar-refractivity contribution >= 4 is 17.9 Å². The SMILES string of the molecule is CC/C=C\C/C=C\C/C=C\C/C=C\C/C=C\CCCCCCCCCCCCCCCC(=O)OCC(COC(=O)CCCCCCCCC/C=C\C/C=C\CCCCC)OC(=O)CCCCCCCCC/C=C\CCCCCCCCC. The van der Waals surface area contributed by atoms with E-state index in [1.165, 1.54) is 205 Å². The van der Waals surface area contributed by atoms with Crippen LogP contribution in [0, 0.1) is 0 Å². The van der Waals surface area contributed by atoms with Gasteiger partial charge < -0.3 is 14.2 Å². The van der Waals surface area contributed by atoms with Gasteiger partial charge in [0, 0.05) is 19.3 Å². The highest BCUT2D eigenvalue weighted by atomic mass is 16.6. The number of ether oxygens (including phenoxy) is 3. The largest absolute Gasteiger partial charge is 0.462 e. The van der Waals surface area contributed by atoms with Crippen molar-refractivity contribution in [3.05, 3.63) is 97.2 Å². The van der Waals surface area contributed by atoms with Crippen molar-refractivity contribution in [1.82, 2.24) is 0 Å². The number of rotatable bonds is 64. The van der Waals surface area contributed by atoms with Gasteiger partial charge in [-0.2, -0.15) is 0 Å². The molecule has 0 amide bonds. The van der Waals surface area contributed by atoms with Crippen LogP contribution in [0.1, 0.15) is 348 Å². The number of carbonyl (C=O) groups is 3. The van der Waals surface area contributed by atoms with Crippen LogP contribution >= 0.6 is 0 Å². The van der Waals surface area contributed by atoms with Gasteiger partial charge in [0.25, 0.3) is 0 Å². The molecule has 0 aliphatic carbocycles. The Labute approximate surface area is 508 Å². The minimum Gasteiger partial charge on any atom is -0.462 e. The zero-order valence-electron chi connectivity index (χ0n) is 54.2. The lowest BCUT2D eigenvalue weighted by Gasteiger charge is -2.18. The molecule has 0 heterocycles. The van der Waals surface area contributed by atoms with Gasteiger partial charge in [-0.3, -0.25) is 14.4 Å². The third kappa shape index (κ3) is 67.1. The van der Waals surface area contributed by atoms with Gasteiger partial charge in [0.1, 0.15) is 13.2 Å². The van der Waals surface area contributed by atoms with Crippen LogP contribution in [0.3, 0.4) is 0 Å². The number of esters is 3. The molecule has 0 aliphatic heterocycles. The van der Waals surface area contributed by atoms with E-state index in [9.17, 15) is 14.4 Å². The van der Waals surface area contributed by atoms with Crippen molar-refractivity contribution in [3.63, 3.8) is 0 Å². The van der Waals surface area contributed by atoms with Crippen LogP contribution in [0.15, 0.2) is 97.2 Å². The van der Waals surface area contributed by atoms with Crippen LogP contribution in [0.4, 0.5) is 0 Å². The molecule has 0 aromatic rings. The van der Waals surface area contributed by atoms with Crippen LogP contribution in [0.5, 0.6) is 0 Å². The van der Waals surface area contributed by atoms with Gasteiger partial charge >= 0.3 is 17.9 Å². The van der Waals surface area contributed by atoms with Gasteiger partial charge in [0.15, 0.2) is 6.10 Å². The molecule has 6 heteroatoms. The van der Waals surface area contributed by atoms with Crippen LogP contribution in [0.2, 0.25) is 0 Å². The lowest BCUT2D eigenvalue weighted by molar-refractivity contribution is -0.167. The molecule has 82 heavy (non-hydrogen) atoms. The first kappa shape index (κ1) is 78.3. The average Bonchev–Trinajstić information content (AvgIpc) is 3.47. The Hall–Kier alpha value is -3.67. The van der Waals surface area contributed by atoms with E-state index in [4.69, 9.17) is 14.2 Å². The molecule has 0 N–H and O–H groups in total. The second-order valence-corrected chi connectivity index (χ2v) is 23.4. The Morgan fingerprint density at radius 3 is 0.780 bits per heavy atom. The van der Waals surface area contributed by atoms with E-state index < -0.39 is 6.10 Å². The maximum atomic E-state index is 13.0. The summed E-state index contributed by atoms with van der Waals surface area (Å²) >= 11 is 0. The van der Waals surface area contributed by atoms with Crippen LogP contribution in [-0.2, 0) is 28.6 Å². The van der Waals surface area contributed by atoms with Gasteiger partial charge in [-0.1, -0.05) is 304 Å². The topological polar surface area (TPSA) is 78.9 Å². The highest BCUT2D eigenvalue weighted by molar-refractivity contribution is 5.71. The normalized spacial score (nSPS) is 12.7. The Balaban J connectivity index is 4.31. The van der Waals surface area contributed by atoms with Crippen LogP contribution < -0.4 is 0 Å². The lowest BCUT2D eigenvalue weighted by atomic mass is 10.0. The summed E-state index contributed by atoms with van der Waals surface area (Å²) in [6, 6.07) is 0. The fourth-order valence-corrected chi connectivity index (χ4v) is 10.0. The fraction of sp³-hybridized carbons (Fsp3) is 0.750. The fourth-order valence-electron chi connectivity index (χ4n) is 10.0. The Bertz CT molecular complexity index is 1590. The molecule has 472 valence electrons. The molecule has 0 fully saturated rings. The molecular weight excluding hydrogens is 1010 g/mol. The van der Waals surface area contributed by atoms with Crippen molar-refractivity contribution in [2.24, 2.45) is 0 Å². The van der Waals surface area contributed by atoms with Crippen LogP contribution in [0.25, 0.3) is 0 Å². The van der Waals surface area contributed by atoms with Gasteiger partial charge in [0.05, 0.1) is 0 Å². The summed E-state index contributed by atoms with van der Waals surface area (Å²) in [6.07, 6.45) is 94.2. The molecular formula is C76H132O6. The molecule has 0 rings (SSSR count). The van der Waals surface area contributed by atoms with E-state index in [-0.39, 0.29) is 31.1 Å². The molecule has 0 saturated carbocycles. The van der Waals surface area contributed by atoms with Gasteiger partial charge in [0.2, 0.25) is 0 Å². The van der Waals surface area contributed by atoms with Crippen molar-refractivity contribution in [3.8, 4) is 0 Å². The summed E-state index contributed by atoms with van der Waals surface area (Å²) < 4.78 is 17.0. The highest BCUT2D eigenvalue weighted by Crippen LogP contribution is 2.17. The van der Waals surface area contributed by atoms with Gasteiger partial charge in [-0.15, -0.1) is 0 Å². The summed E-state index contributed by atoms with van der Waals surface area (Å²) in [5.74, 6) is -0.877. The molecule has 0 aromatic carbocycles. The predicted octanol–water partition coefficient (Wildman–Crippen LogP) is 24.4. The molecule has 0 bridgehead atoms. The predicted molar refractivity (Wildman–Crippen MR) is 357 cm³/mol. The minimum atomic E-state index is -0.785. The van der Waals surface area contributed by atoms with E-state index in [1.54, 1.807) is 0 Å². The van der Waals surface area contributed by atoms with Gasteiger partial charge in [-0.25, -0.2) is 0 Å². The maximum absolute atomic E-state index is 13.0. The highest BCUT2D eigenvalue weighted by Gasteiger charge is 2.19. The summed E-state index contributed by atoms with van der Waals surface area (Å²) in [6.45, 7) is 6.53. The second-order valence-electron chi connectivity index (χ2n) is 23.4. The number of hydrogen-bond acceptors (Lipinski definition) is 6. The van der Waals surface area contributed by atoms with Crippen molar-refractivity contribution < 1.29 is 28.6 Å². The van der Waals surface area contributed by atoms with E-state index in [2.05, 4.69) is 118 Å². The van der Waals surface area contributed by atoms with Crippen LogP contribution in [-0.4, -0.2) is 37.2 Å². The van der Waals surface area contributed by atoms with Crippen molar-refractivity contribution in [1.29, 1.82) is 0 Å². The first-order valence-corrected chi connectivity index (χ1v) is 35.2. The third-order valence-electron chi connectivity index (χ3n) is 15.3. The van der Waals surface area contributed by atoms with E-state index >= 15 is 0 Å². The number of carbonyl (C=O) groups excluding carboxylic acids is 3. The Morgan fingerprint density at radius 2 is 0.476 bits per heavy atom. The summed E-state index contributed by atoms with van der Waals surface area (Å²) in [5.41, 5.74) is 0. The van der Waals surface area contributed by atoms with E-state index in [0.29, 0.717) is 19.3 Å². The second kappa shape index (κ2) is 69.8. The zero-order chi connectivity index (χ0) is 59.2. The molecule has 1 unspecified atom stereocenters. The molecule has 0 saturated heterocycles. The first-order chi connectivity index (χ1) is 40.5. The monoisotopic (exact) mass is 1140 g/mol. The first-order valence-electron chi connectivity index (χ1n) is 35.2. The van der Waals surface area contributed by atoms with E-state index in [0.717, 1.165) is 103 Å². The van der Waals surface area contributed by atoms with Crippen molar-refractivity contribution in [2.75, 3.05) is 13.2 Å². The molecule has 6 nitrogen and oxygen atoms in total. The third-order valence-corrected chi connectivity index (χ3v) is 15.3. The standard InChI is InChI=1S/C76H132O6/c1-4-7-10-13-16-19-22-25-28-31-33-34-35-36-37-38-39-40-41-42-43-46-48-51-54-57-60-63-66-69-75(78)81-72-73(71-80-74(77)68-65-62-59-56-53-50-47-44-30-27-24-21-18-15-12-9-6-3)82-76(79)70-67-64-61-58-55-52-49-45-32-29-26-23-20-17-14-11-8-5-2/h7,10,16,18-19,21,25,27-30,32-34,36-37,73H,4-6,8-9,11-15,17,20,22-24,26,31,35,38-72H2,1-3H3/b10-7-,19-16-,21-18-,28-25-,30-27-,32-29-,34-33-,37-36-. The number of allylic oxidation sites excluding steroid dienone is 16. The molecule has 0 spiro atoms. The quantitative estimate of drug-likeness (QED) is 0.0261. The summed E-state index contributed by atoms with van der Waals surface area (Å²) in [5, 5.41) is 0. The Kier molecular flexibility index (Phi) is 66.7. The zero-order valence-corrected chi connectivity index (χ0v) is 54.2. The maximum Gasteiger partial charge on any atom is 0.306 e. The van der Waals surface area contributed by atoms with E-state index in [1.807, 2.05) is 0 Å². The number of unbranched alkanes of at least 4 members (excludes halogenated alkanes) is 37. The lowest BCUT2D eigenvalue weighted by Crippen LogP contribution is -2.30. The molecule has 1 atom stereocenters. The van der Waals surface area contributed by atoms with Crippen molar-refractivity contribution in [2.45, 2.75) is 354 Å². The molecule has 0 aliphatic rings. The Morgan fingerprint density at radius 1 is 0.256 bits per heavy atom. The molecule has 0 aromatic heterocycles. The smallest absolute Gasteiger partial charge is 0.306 e. The molecule has 0 radical (unpaired) electrons. The number of hydrogen-bond donors (Lipinski definition) is 0. The summed E-state index contributed by atoms with van der Waals surface area (Å²) in [4.78, 5) is 38.5. The minimum absolute atomic E-state index is 0.0801.